The molecule has 3 unspecified atom stereocenters. The van der Waals surface area contributed by atoms with Gasteiger partial charge in [-0.15, -0.1) is 0 Å². The second-order valence-electron chi connectivity index (χ2n) is 5.84. The maximum absolute atomic E-state index is 12.3. The predicted octanol–water partition coefficient (Wildman–Crippen LogP) is -2.35. The van der Waals surface area contributed by atoms with E-state index in [1.54, 1.807) is 30.3 Å². The Kier molecular flexibility index (Phi) is 9.99. The second kappa shape index (κ2) is 12.0. The van der Waals surface area contributed by atoms with E-state index in [9.17, 15) is 29.4 Å². The smallest absolute Gasteiger partial charge is 0.326 e. The quantitative estimate of drug-likeness (QED) is 0.199. The van der Waals surface area contributed by atoms with Crippen LogP contribution in [-0.2, 0) is 25.6 Å². The normalized spacial score (nSPS) is 13.7. The molecule has 0 radical (unpaired) electrons. The largest absolute Gasteiger partial charge is 0.480 e. The summed E-state index contributed by atoms with van der Waals surface area (Å²) in [4.78, 5) is 47.3. The van der Waals surface area contributed by atoms with Crippen LogP contribution in [0.5, 0.6) is 0 Å². The van der Waals surface area contributed by atoms with Crippen molar-refractivity contribution < 1.29 is 29.4 Å². The summed E-state index contributed by atoms with van der Waals surface area (Å²) in [5.74, 6) is -3.55. The number of carboxylic acid groups (broad SMARTS) is 1. The number of aliphatic carboxylic acids is 1. The molecule has 0 aliphatic rings. The molecule has 0 saturated heterocycles. The van der Waals surface area contributed by atoms with Crippen LogP contribution in [-0.4, -0.2) is 70.9 Å². The number of thiol groups is 1. The Morgan fingerprint density at radius 1 is 0.964 bits per heavy atom. The third kappa shape index (κ3) is 7.55. The minimum atomic E-state index is -1.40. The number of aliphatic hydroxyl groups excluding tert-OH is 1. The maximum Gasteiger partial charge on any atom is 0.326 e. The van der Waals surface area contributed by atoms with E-state index in [2.05, 4.69) is 28.6 Å². The molecule has 0 fully saturated rings. The van der Waals surface area contributed by atoms with Crippen LogP contribution < -0.4 is 21.7 Å². The summed E-state index contributed by atoms with van der Waals surface area (Å²) < 4.78 is 0. The van der Waals surface area contributed by atoms with Gasteiger partial charge in [0.05, 0.1) is 13.2 Å². The lowest BCUT2D eigenvalue weighted by Gasteiger charge is -2.22. The van der Waals surface area contributed by atoms with Gasteiger partial charge in [0.2, 0.25) is 17.7 Å². The molecule has 0 heterocycles. The molecule has 0 aromatic heterocycles. The number of amides is 3. The molecule has 0 aliphatic carbocycles. The van der Waals surface area contributed by atoms with Gasteiger partial charge in [0.1, 0.15) is 18.1 Å². The average molecular weight is 412 g/mol. The molecule has 10 nitrogen and oxygen atoms in total. The van der Waals surface area contributed by atoms with Crippen molar-refractivity contribution in [3.8, 4) is 0 Å². The maximum atomic E-state index is 12.3. The fourth-order valence-electron chi connectivity index (χ4n) is 2.24. The zero-order chi connectivity index (χ0) is 21.1. The van der Waals surface area contributed by atoms with Gasteiger partial charge in [-0.3, -0.25) is 14.4 Å². The lowest BCUT2D eigenvalue weighted by Crippen LogP contribution is -2.58. The van der Waals surface area contributed by atoms with Gasteiger partial charge >= 0.3 is 5.97 Å². The number of carboxylic acids is 1. The van der Waals surface area contributed by atoms with Crippen LogP contribution >= 0.6 is 12.6 Å². The summed E-state index contributed by atoms with van der Waals surface area (Å²) in [7, 11) is 0. The van der Waals surface area contributed by atoms with Crippen molar-refractivity contribution in [1.82, 2.24) is 16.0 Å². The number of hydrogen-bond donors (Lipinski definition) is 7. The minimum Gasteiger partial charge on any atom is -0.480 e. The molecule has 1 aromatic carbocycles. The standard InChI is InChI=1S/C17H24N4O6S/c18-7-14(23)19-13(9-28)16(25)21-12(8-22)15(24)20-11(17(26)27)6-10-4-2-1-3-5-10/h1-5,11-13,22,28H,6-9,18H2,(H,19,23)(H,20,24)(H,21,25)(H,26,27). The van der Waals surface area contributed by atoms with Crippen molar-refractivity contribution in [2.45, 2.75) is 24.5 Å². The predicted molar refractivity (Wildman–Crippen MR) is 104 cm³/mol. The summed E-state index contributed by atoms with van der Waals surface area (Å²) in [6, 6.07) is 4.95. The van der Waals surface area contributed by atoms with E-state index < -0.39 is 48.4 Å². The van der Waals surface area contributed by atoms with Gasteiger partial charge in [0.15, 0.2) is 0 Å². The average Bonchev–Trinajstić information content (AvgIpc) is 2.69. The van der Waals surface area contributed by atoms with Crippen molar-refractivity contribution >= 4 is 36.3 Å². The van der Waals surface area contributed by atoms with Crippen LogP contribution in [0.15, 0.2) is 30.3 Å². The first kappa shape index (κ1) is 23.4. The summed E-state index contributed by atoms with van der Waals surface area (Å²) in [6.07, 6.45) is 0.0276. The Morgan fingerprint density at radius 2 is 1.54 bits per heavy atom. The SMILES string of the molecule is NCC(=O)NC(CS)C(=O)NC(CO)C(=O)NC(Cc1ccccc1)C(=O)O. The zero-order valence-electron chi connectivity index (χ0n) is 15.0. The molecule has 154 valence electrons. The first-order valence-electron chi connectivity index (χ1n) is 8.41. The van der Waals surface area contributed by atoms with Gasteiger partial charge in [0.25, 0.3) is 0 Å². The van der Waals surface area contributed by atoms with Crippen molar-refractivity contribution in [3.63, 3.8) is 0 Å². The monoisotopic (exact) mass is 412 g/mol. The number of carbonyl (C=O) groups is 4. The van der Waals surface area contributed by atoms with Gasteiger partial charge < -0.3 is 31.9 Å². The molecule has 0 bridgehead atoms. The Hall–Kier alpha value is -2.63. The highest BCUT2D eigenvalue weighted by Gasteiger charge is 2.28. The van der Waals surface area contributed by atoms with Crippen LogP contribution in [0.1, 0.15) is 5.56 Å². The van der Waals surface area contributed by atoms with Gasteiger partial charge in [0, 0.05) is 12.2 Å². The highest BCUT2D eigenvalue weighted by atomic mass is 32.1. The Labute approximate surface area is 167 Å². The van der Waals surface area contributed by atoms with Crippen LogP contribution in [0.3, 0.4) is 0 Å². The number of nitrogens with one attached hydrogen (secondary N) is 3. The van der Waals surface area contributed by atoms with Crippen molar-refractivity contribution in [2.75, 3.05) is 18.9 Å². The minimum absolute atomic E-state index is 0.0276. The van der Waals surface area contributed by atoms with Gasteiger partial charge in [-0.05, 0) is 5.56 Å². The molecule has 0 saturated carbocycles. The third-order valence-electron chi connectivity index (χ3n) is 3.73. The fourth-order valence-corrected chi connectivity index (χ4v) is 2.49. The highest BCUT2D eigenvalue weighted by Crippen LogP contribution is 2.04. The van der Waals surface area contributed by atoms with E-state index in [1.165, 1.54) is 0 Å². The van der Waals surface area contributed by atoms with Crippen molar-refractivity contribution in [3.05, 3.63) is 35.9 Å². The highest BCUT2D eigenvalue weighted by molar-refractivity contribution is 7.80. The molecule has 0 spiro atoms. The van der Waals surface area contributed by atoms with Crippen molar-refractivity contribution in [1.29, 1.82) is 0 Å². The summed E-state index contributed by atoms with van der Waals surface area (Å²) in [5.41, 5.74) is 5.86. The molecule has 1 aromatic rings. The molecule has 3 atom stereocenters. The van der Waals surface area contributed by atoms with E-state index in [0.717, 1.165) is 0 Å². The first-order chi connectivity index (χ1) is 13.3. The molecule has 0 aliphatic heterocycles. The van der Waals surface area contributed by atoms with E-state index in [-0.39, 0.29) is 18.7 Å². The molecular weight excluding hydrogens is 388 g/mol. The summed E-state index contributed by atoms with van der Waals surface area (Å²) in [5, 5.41) is 25.6. The number of aliphatic hydroxyl groups is 1. The second-order valence-corrected chi connectivity index (χ2v) is 6.20. The summed E-state index contributed by atoms with van der Waals surface area (Å²) >= 11 is 3.95. The van der Waals surface area contributed by atoms with E-state index in [0.29, 0.717) is 5.56 Å². The lowest BCUT2D eigenvalue weighted by molar-refractivity contribution is -0.142. The van der Waals surface area contributed by atoms with E-state index in [1.807, 2.05) is 0 Å². The lowest BCUT2D eigenvalue weighted by atomic mass is 10.1. The van der Waals surface area contributed by atoms with E-state index in [4.69, 9.17) is 5.73 Å². The van der Waals surface area contributed by atoms with Crippen molar-refractivity contribution in [2.24, 2.45) is 5.73 Å². The molecular formula is C17H24N4O6S. The van der Waals surface area contributed by atoms with E-state index >= 15 is 0 Å². The Morgan fingerprint density at radius 3 is 2.04 bits per heavy atom. The van der Waals surface area contributed by atoms with Crippen LogP contribution in [0, 0.1) is 0 Å². The zero-order valence-corrected chi connectivity index (χ0v) is 15.9. The van der Waals surface area contributed by atoms with Crippen LogP contribution in [0.2, 0.25) is 0 Å². The molecule has 28 heavy (non-hydrogen) atoms. The van der Waals surface area contributed by atoms with Crippen LogP contribution in [0.25, 0.3) is 0 Å². The number of hydrogen-bond acceptors (Lipinski definition) is 7. The third-order valence-corrected chi connectivity index (χ3v) is 4.10. The Bertz CT molecular complexity index is 687. The molecule has 3 amide bonds. The number of carbonyl (C=O) groups excluding carboxylic acids is 3. The topological polar surface area (TPSA) is 171 Å². The molecule has 7 N–H and O–H groups in total. The van der Waals surface area contributed by atoms with Crippen LogP contribution in [0.4, 0.5) is 0 Å². The first-order valence-corrected chi connectivity index (χ1v) is 9.04. The fraction of sp³-hybridized carbons (Fsp3) is 0.412. The Balaban J connectivity index is 2.75. The van der Waals surface area contributed by atoms with Gasteiger partial charge in [-0.25, -0.2) is 4.79 Å². The number of rotatable bonds is 11. The number of benzene rings is 1. The molecule has 11 heteroatoms. The molecule has 1 rings (SSSR count). The number of nitrogens with two attached hydrogens (primary N) is 1. The summed E-state index contributed by atoms with van der Waals surface area (Å²) in [6.45, 7) is -1.10. The van der Waals surface area contributed by atoms with Gasteiger partial charge in [-0.1, -0.05) is 30.3 Å². The van der Waals surface area contributed by atoms with Gasteiger partial charge in [-0.2, -0.15) is 12.6 Å².